The number of pyridine rings is 1. The summed E-state index contributed by atoms with van der Waals surface area (Å²) in [4.78, 5) is 4.85. The molecule has 1 aliphatic carbocycles. The van der Waals surface area contributed by atoms with Crippen molar-refractivity contribution in [3.63, 3.8) is 0 Å². The van der Waals surface area contributed by atoms with Crippen molar-refractivity contribution in [2.24, 2.45) is 22.7 Å². The molecule has 3 aromatic heterocycles. The lowest BCUT2D eigenvalue weighted by molar-refractivity contribution is 0.162. The summed E-state index contributed by atoms with van der Waals surface area (Å²) in [5.74, 6) is 4.61. The Morgan fingerprint density at radius 2 is 1.46 bits per heavy atom. The molecule has 0 saturated heterocycles. The fourth-order valence-electron chi connectivity index (χ4n) is 8.95. The summed E-state index contributed by atoms with van der Waals surface area (Å²) in [6, 6.07) is 26.0. The van der Waals surface area contributed by atoms with E-state index in [9.17, 15) is 0 Å². The van der Waals surface area contributed by atoms with Crippen LogP contribution in [0.25, 0.3) is 33.3 Å². The van der Waals surface area contributed by atoms with Crippen molar-refractivity contribution >= 4 is 21.8 Å². The smallest absolute Gasteiger partial charge is 0.137 e. The van der Waals surface area contributed by atoms with Crippen LogP contribution in [0.3, 0.4) is 0 Å². The Bertz CT molecular complexity index is 2370. The van der Waals surface area contributed by atoms with Crippen LogP contribution in [-0.4, -0.2) is 19.3 Å². The van der Waals surface area contributed by atoms with Crippen LogP contribution in [0.15, 0.2) is 90.6 Å². The van der Waals surface area contributed by atoms with Gasteiger partial charge in [-0.05, 0) is 108 Å². The van der Waals surface area contributed by atoms with Gasteiger partial charge in [0.25, 0.3) is 0 Å². The normalized spacial score (nSPS) is 18.3. The maximum absolute atomic E-state index is 6.83. The van der Waals surface area contributed by atoms with Crippen LogP contribution in [0.5, 0.6) is 11.5 Å². The zero-order valence-corrected chi connectivity index (χ0v) is 34.9. The predicted molar refractivity (Wildman–Crippen MR) is 227 cm³/mol. The summed E-state index contributed by atoms with van der Waals surface area (Å²) in [5, 5.41) is 7.69. The molecule has 3 aromatic carbocycles. The van der Waals surface area contributed by atoms with Crippen LogP contribution in [0.4, 0.5) is 0 Å². The molecular formula is C49H60N4O. The van der Waals surface area contributed by atoms with E-state index in [1.807, 2.05) is 6.20 Å². The monoisotopic (exact) mass is 720 g/mol. The van der Waals surface area contributed by atoms with E-state index in [-0.39, 0.29) is 10.8 Å². The second-order valence-electron chi connectivity index (χ2n) is 18.7. The highest BCUT2D eigenvalue weighted by Gasteiger charge is 2.44. The lowest BCUT2D eigenvalue weighted by Gasteiger charge is -2.46. The third-order valence-electron chi connectivity index (χ3n) is 11.8. The van der Waals surface area contributed by atoms with Gasteiger partial charge in [-0.25, -0.2) is 9.67 Å². The molecule has 6 aromatic rings. The zero-order chi connectivity index (χ0) is 38.9. The maximum atomic E-state index is 6.83. The highest BCUT2D eigenvalue weighted by molar-refractivity contribution is 6.09. The number of hydrogen-bond donors (Lipinski definition) is 0. The fourth-order valence-corrected chi connectivity index (χ4v) is 8.95. The van der Waals surface area contributed by atoms with Crippen LogP contribution in [0.2, 0.25) is 0 Å². The van der Waals surface area contributed by atoms with E-state index in [1.54, 1.807) is 5.57 Å². The molecule has 0 aliphatic heterocycles. The Morgan fingerprint density at radius 1 is 0.759 bits per heavy atom. The molecule has 282 valence electrons. The highest BCUT2D eigenvalue weighted by atomic mass is 16.5. The van der Waals surface area contributed by atoms with Crippen molar-refractivity contribution in [1.29, 1.82) is 0 Å². The van der Waals surface area contributed by atoms with Crippen molar-refractivity contribution in [2.75, 3.05) is 0 Å². The number of ether oxygens (including phenoxy) is 1. The van der Waals surface area contributed by atoms with Crippen molar-refractivity contribution in [3.8, 4) is 23.0 Å². The molecule has 0 N–H and O–H groups in total. The van der Waals surface area contributed by atoms with Gasteiger partial charge in [-0.15, -0.1) is 0 Å². The minimum Gasteiger partial charge on any atom is -0.457 e. The lowest BCUT2D eigenvalue weighted by Crippen LogP contribution is -2.36. The first kappa shape index (κ1) is 37.7. The average molecular weight is 721 g/mol. The number of nitrogens with zero attached hydrogens (tertiary/aromatic N) is 4. The summed E-state index contributed by atoms with van der Waals surface area (Å²) < 4.78 is 11.3. The Morgan fingerprint density at radius 3 is 2.15 bits per heavy atom. The van der Waals surface area contributed by atoms with Crippen LogP contribution in [0.1, 0.15) is 128 Å². The van der Waals surface area contributed by atoms with E-state index in [2.05, 4.69) is 178 Å². The van der Waals surface area contributed by atoms with E-state index < -0.39 is 0 Å². The minimum absolute atomic E-state index is 0.0580. The molecule has 5 heteroatoms. The molecule has 0 radical (unpaired) electrons. The first-order valence-electron chi connectivity index (χ1n) is 20.0. The first-order chi connectivity index (χ1) is 25.4. The number of allylic oxidation sites excluding steroid dienone is 2. The molecule has 0 saturated carbocycles. The topological polar surface area (TPSA) is 44.9 Å². The van der Waals surface area contributed by atoms with Crippen LogP contribution in [0, 0.1) is 36.5 Å². The van der Waals surface area contributed by atoms with Crippen LogP contribution < -0.4 is 4.74 Å². The van der Waals surface area contributed by atoms with Crippen molar-refractivity contribution in [3.05, 3.63) is 119 Å². The molecule has 0 bridgehead atoms. The molecule has 5 nitrogen and oxygen atoms in total. The lowest BCUT2D eigenvalue weighted by atomic mass is 9.58. The van der Waals surface area contributed by atoms with Gasteiger partial charge in [-0.3, -0.25) is 4.57 Å². The van der Waals surface area contributed by atoms with Gasteiger partial charge in [0.2, 0.25) is 0 Å². The molecule has 3 atom stereocenters. The number of rotatable bonds is 7. The fraction of sp³-hybridized carbons (Fsp3) is 0.429. The van der Waals surface area contributed by atoms with Crippen molar-refractivity contribution in [1.82, 2.24) is 19.3 Å². The Hall–Kier alpha value is -4.64. The number of fused-ring (bicyclic) bond motifs is 3. The second-order valence-corrected chi connectivity index (χ2v) is 18.7. The highest BCUT2D eigenvalue weighted by Crippen LogP contribution is 2.54. The van der Waals surface area contributed by atoms with E-state index in [0.29, 0.717) is 29.6 Å². The van der Waals surface area contributed by atoms with Gasteiger partial charge in [0.1, 0.15) is 17.3 Å². The van der Waals surface area contributed by atoms with Crippen LogP contribution in [-0.2, 0) is 0 Å². The number of hydrogen-bond acceptors (Lipinski definition) is 3. The quantitative estimate of drug-likeness (QED) is 0.154. The molecule has 0 amide bonds. The van der Waals surface area contributed by atoms with Gasteiger partial charge in [0.05, 0.1) is 22.4 Å². The minimum atomic E-state index is 0.0580. The molecule has 7 rings (SSSR count). The van der Waals surface area contributed by atoms with Gasteiger partial charge in [0.15, 0.2) is 0 Å². The predicted octanol–water partition coefficient (Wildman–Crippen LogP) is 13.8. The summed E-state index contributed by atoms with van der Waals surface area (Å²) >= 11 is 0. The van der Waals surface area contributed by atoms with E-state index >= 15 is 0 Å². The number of para-hydroxylation sites is 1. The largest absolute Gasteiger partial charge is 0.457 e. The number of aryl methyl sites for hydroxylation is 1. The SMILES string of the molecule is Cc1nn(-c2cc(Oc3ccc4c5ccccc5n(-c5cc(C(C)C)ccn5)c4c3)cc(C(C)C)c2)c(C)c1C1C(C(C)(C)C)=C[C@H](C)C[C@@H]1C(C)(C)C. The Labute approximate surface area is 323 Å². The molecule has 1 unspecified atom stereocenters. The average Bonchev–Trinajstić information content (AvgIpc) is 3.59. The Balaban J connectivity index is 1.33. The maximum Gasteiger partial charge on any atom is 0.137 e. The van der Waals surface area contributed by atoms with Gasteiger partial charge < -0.3 is 4.74 Å². The summed E-state index contributed by atoms with van der Waals surface area (Å²) in [6.07, 6.45) is 5.68. The van der Waals surface area contributed by atoms with Crippen molar-refractivity contribution in [2.45, 2.75) is 114 Å². The molecule has 54 heavy (non-hydrogen) atoms. The molecular weight excluding hydrogens is 661 g/mol. The third kappa shape index (κ3) is 6.91. The standard InChI is InChI=1S/C49H60N4O/c1-29(2)34-20-21-50-45(26-34)52-43-17-15-14-16-39(43)40-19-18-37(28-44(40)52)54-38-25-35(30(3)4)24-36(27-38)53-33(7)46(32(6)51-53)47-41(48(8,9)10)22-31(5)23-42(47)49(11,12)13/h14-22,24-31,42,47H,23H2,1-13H3/t31-,42-,47?/m0/s1. The summed E-state index contributed by atoms with van der Waals surface area (Å²) in [7, 11) is 0. The third-order valence-corrected chi connectivity index (χ3v) is 11.8. The summed E-state index contributed by atoms with van der Waals surface area (Å²) in [5.41, 5.74) is 11.2. The Kier molecular flexibility index (Phi) is 9.69. The van der Waals surface area contributed by atoms with Crippen molar-refractivity contribution < 1.29 is 4.74 Å². The molecule has 1 aliphatic rings. The molecule has 0 spiro atoms. The zero-order valence-electron chi connectivity index (χ0n) is 34.9. The molecule has 3 heterocycles. The van der Waals surface area contributed by atoms with Gasteiger partial charge in [-0.1, -0.05) is 106 Å². The van der Waals surface area contributed by atoms with Gasteiger partial charge >= 0.3 is 0 Å². The first-order valence-corrected chi connectivity index (χ1v) is 20.0. The molecule has 0 fully saturated rings. The second kappa shape index (κ2) is 13.9. The number of aromatic nitrogens is 4. The van der Waals surface area contributed by atoms with E-state index in [0.717, 1.165) is 39.7 Å². The van der Waals surface area contributed by atoms with E-state index in [1.165, 1.54) is 39.6 Å². The van der Waals surface area contributed by atoms with Crippen LogP contribution >= 0.6 is 0 Å². The summed E-state index contributed by atoms with van der Waals surface area (Å²) in [6.45, 7) is 30.2. The number of benzene rings is 3. The van der Waals surface area contributed by atoms with E-state index in [4.69, 9.17) is 14.8 Å². The van der Waals surface area contributed by atoms with Gasteiger partial charge in [0, 0.05) is 46.3 Å². The van der Waals surface area contributed by atoms with Gasteiger partial charge in [-0.2, -0.15) is 5.10 Å².